The molecule has 0 radical (unpaired) electrons. The van der Waals surface area contributed by atoms with Crippen LogP contribution in [0.4, 0.5) is 10.5 Å². The first kappa shape index (κ1) is 12.2. The predicted octanol–water partition coefficient (Wildman–Crippen LogP) is 1.72. The summed E-state index contributed by atoms with van der Waals surface area (Å²) in [6, 6.07) is 4.27. The summed E-state index contributed by atoms with van der Waals surface area (Å²) in [5.74, 6) is -0.406. The molecule has 3 amide bonds. The van der Waals surface area contributed by atoms with Gasteiger partial charge in [0.25, 0.3) is 0 Å². The molecule has 0 aromatic heterocycles. The minimum Gasteiger partial charge on any atom is -0.310 e. The van der Waals surface area contributed by atoms with Crippen LogP contribution in [-0.2, 0) is 4.79 Å². The molecule has 2 rings (SSSR count). The summed E-state index contributed by atoms with van der Waals surface area (Å²) in [4.78, 5) is 24.0. The third-order valence-electron chi connectivity index (χ3n) is 2.38. The summed E-state index contributed by atoms with van der Waals surface area (Å²) < 4.78 is 0. The first-order valence-electron chi connectivity index (χ1n) is 4.83. The van der Waals surface area contributed by atoms with Crippen molar-refractivity contribution in [3.63, 3.8) is 0 Å². The van der Waals surface area contributed by atoms with Crippen LogP contribution in [0.5, 0.6) is 0 Å². The molecular formula is C10H9Cl2N3O2. The number of nitrogens with one attached hydrogen (secondary N) is 1. The SMILES string of the molecule is NC1CC(=O)NC(=O)N1c1cccc(Cl)c1Cl. The van der Waals surface area contributed by atoms with Crippen LogP contribution in [0.2, 0.25) is 10.0 Å². The van der Waals surface area contributed by atoms with Gasteiger partial charge >= 0.3 is 6.03 Å². The van der Waals surface area contributed by atoms with Crippen molar-refractivity contribution in [1.82, 2.24) is 5.32 Å². The molecule has 5 nitrogen and oxygen atoms in total. The molecule has 1 aliphatic rings. The molecule has 1 fully saturated rings. The Morgan fingerprint density at radius 1 is 1.35 bits per heavy atom. The highest BCUT2D eigenvalue weighted by molar-refractivity contribution is 6.44. The Morgan fingerprint density at radius 3 is 2.71 bits per heavy atom. The fraction of sp³-hybridized carbons (Fsp3) is 0.200. The number of nitrogens with zero attached hydrogens (tertiary/aromatic N) is 1. The maximum Gasteiger partial charge on any atom is 0.329 e. The minimum absolute atomic E-state index is 0.0224. The lowest BCUT2D eigenvalue weighted by molar-refractivity contribution is -0.120. The van der Waals surface area contributed by atoms with Gasteiger partial charge in [-0.25, -0.2) is 4.79 Å². The van der Waals surface area contributed by atoms with Crippen LogP contribution in [0.25, 0.3) is 0 Å². The van der Waals surface area contributed by atoms with Crippen molar-refractivity contribution in [2.75, 3.05) is 4.90 Å². The monoisotopic (exact) mass is 273 g/mol. The standard InChI is InChI=1S/C10H9Cl2N3O2/c11-5-2-1-3-6(9(5)12)15-7(13)4-8(16)14-10(15)17/h1-3,7H,4,13H2,(H,14,16,17). The molecule has 0 aliphatic carbocycles. The number of imide groups is 1. The van der Waals surface area contributed by atoms with Gasteiger partial charge in [0, 0.05) is 0 Å². The lowest BCUT2D eigenvalue weighted by atomic mass is 10.2. The van der Waals surface area contributed by atoms with Gasteiger partial charge < -0.3 is 5.73 Å². The smallest absolute Gasteiger partial charge is 0.310 e. The minimum atomic E-state index is -0.743. The van der Waals surface area contributed by atoms with Gasteiger partial charge in [-0.1, -0.05) is 29.3 Å². The average molecular weight is 274 g/mol. The molecule has 90 valence electrons. The van der Waals surface area contributed by atoms with Gasteiger partial charge in [-0.15, -0.1) is 0 Å². The predicted molar refractivity (Wildman–Crippen MR) is 65.1 cm³/mol. The second-order valence-corrected chi connectivity index (χ2v) is 4.35. The van der Waals surface area contributed by atoms with Crippen LogP contribution in [-0.4, -0.2) is 18.1 Å². The van der Waals surface area contributed by atoms with E-state index in [-0.39, 0.29) is 11.4 Å². The van der Waals surface area contributed by atoms with E-state index in [9.17, 15) is 9.59 Å². The fourth-order valence-corrected chi connectivity index (χ4v) is 2.02. The molecule has 1 aromatic carbocycles. The zero-order valence-corrected chi connectivity index (χ0v) is 10.1. The second kappa shape index (κ2) is 4.52. The highest BCUT2D eigenvalue weighted by atomic mass is 35.5. The molecular weight excluding hydrogens is 265 g/mol. The van der Waals surface area contributed by atoms with Crippen molar-refractivity contribution >= 4 is 40.8 Å². The summed E-state index contributed by atoms with van der Waals surface area (Å²) in [5.41, 5.74) is 6.14. The molecule has 1 atom stereocenters. The van der Waals surface area contributed by atoms with Crippen LogP contribution in [0.1, 0.15) is 6.42 Å². The van der Waals surface area contributed by atoms with Crippen LogP contribution in [0, 0.1) is 0 Å². The number of amides is 3. The number of hydrogen-bond acceptors (Lipinski definition) is 3. The van der Waals surface area contributed by atoms with Crippen molar-refractivity contribution in [3.05, 3.63) is 28.2 Å². The van der Waals surface area contributed by atoms with Crippen LogP contribution in [0.15, 0.2) is 18.2 Å². The summed E-state index contributed by atoms with van der Waals surface area (Å²) >= 11 is 11.9. The molecule has 0 bridgehead atoms. The number of urea groups is 1. The Hall–Kier alpha value is -1.30. The molecule has 1 saturated heterocycles. The normalized spacial score (nSPS) is 20.4. The number of hydrogen-bond donors (Lipinski definition) is 2. The van der Waals surface area contributed by atoms with Crippen LogP contribution < -0.4 is 16.0 Å². The molecule has 1 aromatic rings. The summed E-state index contributed by atoms with van der Waals surface area (Å²) in [6.07, 6.45) is -0.721. The van der Waals surface area contributed by atoms with Gasteiger partial charge in [-0.2, -0.15) is 0 Å². The van der Waals surface area contributed by atoms with E-state index in [0.29, 0.717) is 10.7 Å². The number of carbonyl (C=O) groups excluding carboxylic acids is 2. The maximum absolute atomic E-state index is 11.7. The van der Waals surface area contributed by atoms with Crippen LogP contribution >= 0.6 is 23.2 Å². The number of rotatable bonds is 1. The lowest BCUT2D eigenvalue weighted by Crippen LogP contribution is -2.58. The molecule has 1 aliphatic heterocycles. The van der Waals surface area contributed by atoms with E-state index in [2.05, 4.69) is 5.32 Å². The molecule has 17 heavy (non-hydrogen) atoms. The topological polar surface area (TPSA) is 75.4 Å². The van der Waals surface area contributed by atoms with Crippen molar-refractivity contribution in [3.8, 4) is 0 Å². The van der Waals surface area contributed by atoms with Crippen molar-refractivity contribution in [2.24, 2.45) is 5.73 Å². The molecule has 0 spiro atoms. The average Bonchev–Trinajstić information content (AvgIpc) is 2.23. The third-order valence-corrected chi connectivity index (χ3v) is 3.19. The van der Waals surface area contributed by atoms with Crippen LogP contribution in [0.3, 0.4) is 0 Å². The highest BCUT2D eigenvalue weighted by Gasteiger charge is 2.32. The first-order valence-corrected chi connectivity index (χ1v) is 5.59. The molecule has 0 saturated carbocycles. The van der Waals surface area contributed by atoms with E-state index in [0.717, 1.165) is 0 Å². The Balaban J connectivity index is 2.42. The Morgan fingerprint density at radius 2 is 2.06 bits per heavy atom. The van der Waals surface area contributed by atoms with E-state index in [1.807, 2.05) is 0 Å². The third kappa shape index (κ3) is 2.22. The van der Waals surface area contributed by atoms with Gasteiger partial charge in [-0.3, -0.25) is 15.0 Å². The van der Waals surface area contributed by atoms with Gasteiger partial charge in [0.1, 0.15) is 0 Å². The van der Waals surface area contributed by atoms with E-state index in [4.69, 9.17) is 28.9 Å². The second-order valence-electron chi connectivity index (χ2n) is 3.57. The fourth-order valence-electron chi connectivity index (χ4n) is 1.63. The zero-order valence-electron chi connectivity index (χ0n) is 8.61. The van der Waals surface area contributed by atoms with Gasteiger partial charge in [0.15, 0.2) is 0 Å². The summed E-state index contributed by atoms with van der Waals surface area (Å²) in [5, 5.41) is 2.72. The van der Waals surface area contributed by atoms with Gasteiger partial charge in [-0.05, 0) is 12.1 Å². The van der Waals surface area contributed by atoms with E-state index < -0.39 is 18.1 Å². The Labute approximate surface area is 107 Å². The van der Waals surface area contributed by atoms with E-state index >= 15 is 0 Å². The van der Waals surface area contributed by atoms with Crippen molar-refractivity contribution in [1.29, 1.82) is 0 Å². The van der Waals surface area contributed by atoms with Gasteiger partial charge in [0.05, 0.1) is 28.3 Å². The van der Waals surface area contributed by atoms with Crippen molar-refractivity contribution in [2.45, 2.75) is 12.6 Å². The lowest BCUT2D eigenvalue weighted by Gasteiger charge is -2.33. The molecule has 3 N–H and O–H groups in total. The van der Waals surface area contributed by atoms with Gasteiger partial charge in [0.2, 0.25) is 5.91 Å². The number of anilines is 1. The summed E-state index contributed by atoms with van der Waals surface area (Å²) in [7, 11) is 0. The quantitative estimate of drug-likeness (QED) is 0.818. The maximum atomic E-state index is 11.7. The largest absolute Gasteiger partial charge is 0.329 e. The Kier molecular flexibility index (Phi) is 3.24. The first-order chi connectivity index (χ1) is 8.00. The molecule has 1 unspecified atom stereocenters. The molecule has 7 heteroatoms. The van der Waals surface area contributed by atoms with Crippen molar-refractivity contribution < 1.29 is 9.59 Å². The molecule has 1 heterocycles. The number of nitrogens with two attached hydrogens (primary N) is 1. The number of halogens is 2. The highest BCUT2D eigenvalue weighted by Crippen LogP contribution is 2.33. The Bertz CT molecular complexity index is 492. The van der Waals surface area contributed by atoms with E-state index in [1.165, 1.54) is 4.90 Å². The number of benzene rings is 1. The zero-order chi connectivity index (χ0) is 12.6. The van der Waals surface area contributed by atoms with E-state index in [1.54, 1.807) is 18.2 Å². The number of carbonyl (C=O) groups is 2. The summed E-state index contributed by atoms with van der Waals surface area (Å²) in [6.45, 7) is 0.